The summed E-state index contributed by atoms with van der Waals surface area (Å²) in [6.07, 6.45) is 1.83. The van der Waals surface area contributed by atoms with Crippen molar-refractivity contribution in [2.24, 2.45) is 5.73 Å². The van der Waals surface area contributed by atoms with Crippen LogP contribution in [-0.4, -0.2) is 66.1 Å². The van der Waals surface area contributed by atoms with Crippen LogP contribution in [0.1, 0.15) is 12.8 Å². The molecule has 6 nitrogen and oxygen atoms in total. The van der Waals surface area contributed by atoms with Crippen molar-refractivity contribution < 1.29 is 14.7 Å². The average Bonchev–Trinajstić information content (AvgIpc) is 2.27. The van der Waals surface area contributed by atoms with Crippen molar-refractivity contribution in [2.45, 2.75) is 18.9 Å². The van der Waals surface area contributed by atoms with E-state index in [1.807, 2.05) is 0 Å². The first-order valence-corrected chi connectivity index (χ1v) is 5.44. The van der Waals surface area contributed by atoms with Gasteiger partial charge in [-0.3, -0.25) is 14.5 Å². The highest BCUT2D eigenvalue weighted by atomic mass is 16.4. The van der Waals surface area contributed by atoms with Crippen LogP contribution in [-0.2, 0) is 9.59 Å². The van der Waals surface area contributed by atoms with E-state index >= 15 is 0 Å². The van der Waals surface area contributed by atoms with E-state index in [4.69, 9.17) is 10.8 Å². The molecule has 0 saturated carbocycles. The highest BCUT2D eigenvalue weighted by Gasteiger charge is 2.26. The molecule has 1 fully saturated rings. The Hall–Kier alpha value is -1.14. The number of nitrogens with two attached hydrogens (primary N) is 1. The lowest BCUT2D eigenvalue weighted by Gasteiger charge is -2.36. The molecule has 1 saturated heterocycles. The third-order valence-corrected chi connectivity index (χ3v) is 2.93. The Morgan fingerprint density at radius 2 is 2.25 bits per heavy atom. The van der Waals surface area contributed by atoms with Crippen LogP contribution >= 0.6 is 0 Å². The topological polar surface area (TPSA) is 86.9 Å². The Labute approximate surface area is 95.0 Å². The predicted octanol–water partition coefficient (Wildman–Crippen LogP) is -1.05. The lowest BCUT2D eigenvalue weighted by molar-refractivity contribution is -0.139. The molecule has 0 aliphatic carbocycles. The van der Waals surface area contributed by atoms with E-state index < -0.39 is 5.97 Å². The molecule has 1 atom stereocenters. The molecule has 16 heavy (non-hydrogen) atoms. The van der Waals surface area contributed by atoms with Crippen molar-refractivity contribution in [3.05, 3.63) is 0 Å². The summed E-state index contributed by atoms with van der Waals surface area (Å²) >= 11 is 0. The van der Waals surface area contributed by atoms with Gasteiger partial charge in [0, 0.05) is 19.1 Å². The van der Waals surface area contributed by atoms with Crippen LogP contribution in [0.3, 0.4) is 0 Å². The third kappa shape index (κ3) is 3.46. The number of carbonyl (C=O) groups is 2. The second kappa shape index (κ2) is 5.81. The number of nitrogens with zero attached hydrogens (tertiary/aromatic N) is 2. The van der Waals surface area contributed by atoms with Crippen LogP contribution < -0.4 is 5.73 Å². The minimum atomic E-state index is -0.843. The highest BCUT2D eigenvalue weighted by Crippen LogP contribution is 2.14. The molecule has 0 radical (unpaired) electrons. The van der Waals surface area contributed by atoms with Gasteiger partial charge in [-0.25, -0.2) is 0 Å². The minimum Gasteiger partial charge on any atom is -0.480 e. The van der Waals surface area contributed by atoms with Gasteiger partial charge in [-0.15, -0.1) is 0 Å². The first-order valence-electron chi connectivity index (χ1n) is 5.44. The number of hydrogen-bond acceptors (Lipinski definition) is 4. The number of carbonyl (C=O) groups excluding carboxylic acids is 1. The molecule has 0 aromatic heterocycles. The van der Waals surface area contributed by atoms with Crippen molar-refractivity contribution in [1.29, 1.82) is 0 Å². The minimum absolute atomic E-state index is 0.00925. The van der Waals surface area contributed by atoms with Crippen molar-refractivity contribution >= 4 is 11.9 Å². The molecule has 0 aromatic carbocycles. The number of hydrogen-bond donors (Lipinski definition) is 2. The van der Waals surface area contributed by atoms with Crippen molar-refractivity contribution in [3.8, 4) is 0 Å². The van der Waals surface area contributed by atoms with Gasteiger partial charge < -0.3 is 15.7 Å². The molecule has 3 N–H and O–H groups in total. The van der Waals surface area contributed by atoms with E-state index in [2.05, 4.69) is 0 Å². The largest absolute Gasteiger partial charge is 0.480 e. The Morgan fingerprint density at radius 3 is 2.81 bits per heavy atom. The smallest absolute Gasteiger partial charge is 0.317 e. The fourth-order valence-electron chi connectivity index (χ4n) is 2.01. The van der Waals surface area contributed by atoms with Gasteiger partial charge in [-0.05, 0) is 19.9 Å². The molecule has 1 heterocycles. The second-order valence-electron chi connectivity index (χ2n) is 4.15. The van der Waals surface area contributed by atoms with Gasteiger partial charge in [-0.1, -0.05) is 0 Å². The summed E-state index contributed by atoms with van der Waals surface area (Å²) in [5.41, 5.74) is 5.31. The van der Waals surface area contributed by atoms with Gasteiger partial charge in [0.2, 0.25) is 5.91 Å². The summed E-state index contributed by atoms with van der Waals surface area (Å²) < 4.78 is 0. The molecule has 1 unspecified atom stereocenters. The number of piperidine rings is 1. The van der Waals surface area contributed by atoms with Crippen LogP contribution in [0, 0.1) is 0 Å². The molecular formula is C10H19N3O3. The third-order valence-electron chi connectivity index (χ3n) is 2.93. The number of carboxylic acids is 1. The number of carboxylic acid groups (broad SMARTS) is 1. The maximum Gasteiger partial charge on any atom is 0.317 e. The van der Waals surface area contributed by atoms with Crippen molar-refractivity contribution in [3.63, 3.8) is 0 Å². The van der Waals surface area contributed by atoms with Gasteiger partial charge in [0.1, 0.15) is 0 Å². The van der Waals surface area contributed by atoms with E-state index in [1.54, 1.807) is 16.8 Å². The second-order valence-corrected chi connectivity index (χ2v) is 4.15. The molecule has 6 heteroatoms. The zero-order valence-corrected chi connectivity index (χ0v) is 9.56. The Bertz CT molecular complexity index is 270. The number of amides is 1. The fraction of sp³-hybridized carbons (Fsp3) is 0.800. The van der Waals surface area contributed by atoms with Crippen LogP contribution in [0.2, 0.25) is 0 Å². The standard InChI is InChI=1S/C10H19N3O3/c1-12(7-10(15)16)8-3-2-4-13(6-8)9(14)5-11/h8H,2-7,11H2,1H3,(H,15,16). The summed E-state index contributed by atoms with van der Waals surface area (Å²) in [7, 11) is 1.77. The number of rotatable bonds is 4. The summed E-state index contributed by atoms with van der Waals surface area (Å²) in [6.45, 7) is 1.35. The summed E-state index contributed by atoms with van der Waals surface area (Å²) in [5, 5.41) is 8.69. The molecule has 92 valence electrons. The molecule has 1 aliphatic heterocycles. The van der Waals surface area contributed by atoms with Crippen LogP contribution in [0.25, 0.3) is 0 Å². The number of likely N-dealkylation sites (tertiary alicyclic amines) is 1. The van der Waals surface area contributed by atoms with Crippen molar-refractivity contribution in [2.75, 3.05) is 33.2 Å². The first-order chi connectivity index (χ1) is 7.54. The molecule has 0 spiro atoms. The van der Waals surface area contributed by atoms with E-state index in [9.17, 15) is 9.59 Å². The number of aliphatic carboxylic acids is 1. The quantitative estimate of drug-likeness (QED) is 0.642. The summed E-state index contributed by atoms with van der Waals surface area (Å²) in [4.78, 5) is 25.5. The highest BCUT2D eigenvalue weighted by molar-refractivity contribution is 5.78. The maximum absolute atomic E-state index is 11.4. The summed E-state index contributed by atoms with van der Waals surface area (Å²) in [5.74, 6) is -0.904. The molecule has 0 bridgehead atoms. The van der Waals surface area contributed by atoms with Gasteiger partial charge in [0.05, 0.1) is 13.1 Å². The summed E-state index contributed by atoms with van der Waals surface area (Å²) in [6, 6.07) is 0.125. The Balaban J connectivity index is 2.49. The van der Waals surface area contributed by atoms with E-state index in [0.29, 0.717) is 6.54 Å². The average molecular weight is 229 g/mol. The van der Waals surface area contributed by atoms with E-state index in [1.165, 1.54) is 0 Å². The lowest BCUT2D eigenvalue weighted by atomic mass is 10.0. The predicted molar refractivity (Wildman–Crippen MR) is 58.9 cm³/mol. The number of likely N-dealkylation sites (N-methyl/N-ethyl adjacent to an activating group) is 1. The SMILES string of the molecule is CN(CC(=O)O)C1CCCN(C(=O)CN)C1. The van der Waals surface area contributed by atoms with E-state index in [0.717, 1.165) is 19.4 Å². The first kappa shape index (κ1) is 12.9. The molecule has 1 amide bonds. The van der Waals surface area contributed by atoms with Crippen LogP contribution in [0.15, 0.2) is 0 Å². The molecule has 0 aromatic rings. The maximum atomic E-state index is 11.4. The monoisotopic (exact) mass is 229 g/mol. The molecule has 1 aliphatic rings. The van der Waals surface area contributed by atoms with Gasteiger partial charge in [0.15, 0.2) is 0 Å². The zero-order valence-electron chi connectivity index (χ0n) is 9.56. The Morgan fingerprint density at radius 1 is 1.56 bits per heavy atom. The van der Waals surface area contributed by atoms with Crippen molar-refractivity contribution in [1.82, 2.24) is 9.80 Å². The lowest BCUT2D eigenvalue weighted by Crippen LogP contribution is -2.50. The van der Waals surface area contributed by atoms with Gasteiger partial charge in [-0.2, -0.15) is 0 Å². The Kier molecular flexibility index (Phi) is 4.70. The van der Waals surface area contributed by atoms with Gasteiger partial charge in [0.25, 0.3) is 0 Å². The fourth-order valence-corrected chi connectivity index (χ4v) is 2.01. The van der Waals surface area contributed by atoms with Crippen LogP contribution in [0.5, 0.6) is 0 Å². The van der Waals surface area contributed by atoms with Gasteiger partial charge >= 0.3 is 5.97 Å². The van der Waals surface area contributed by atoms with E-state index in [-0.39, 0.29) is 25.0 Å². The zero-order chi connectivity index (χ0) is 12.1. The molecular weight excluding hydrogens is 210 g/mol. The normalized spacial score (nSPS) is 21.2. The molecule has 1 rings (SSSR count). The van der Waals surface area contributed by atoms with Crippen LogP contribution in [0.4, 0.5) is 0 Å².